The molecule has 3 heteroatoms. The van der Waals surface area contributed by atoms with Crippen LogP contribution in [0.4, 0.5) is 0 Å². The van der Waals surface area contributed by atoms with Gasteiger partial charge < -0.3 is 4.74 Å². The molecule has 0 heterocycles. The van der Waals surface area contributed by atoms with E-state index >= 15 is 0 Å². The minimum Gasteiger partial charge on any atom is -0.377 e. The summed E-state index contributed by atoms with van der Waals surface area (Å²) >= 11 is 0. The predicted molar refractivity (Wildman–Crippen MR) is 85.7 cm³/mol. The van der Waals surface area contributed by atoms with Gasteiger partial charge in [-0.1, -0.05) is 51.5 Å². The van der Waals surface area contributed by atoms with Crippen LogP contribution < -0.4 is 11.3 Å². The molecule has 0 aliphatic heterocycles. The van der Waals surface area contributed by atoms with Gasteiger partial charge in [0.1, 0.15) is 0 Å². The molecule has 0 spiro atoms. The van der Waals surface area contributed by atoms with E-state index in [4.69, 9.17) is 10.6 Å². The summed E-state index contributed by atoms with van der Waals surface area (Å²) in [5.41, 5.74) is 5.61. The first-order valence-electron chi connectivity index (χ1n) is 7.78. The van der Waals surface area contributed by atoms with Crippen molar-refractivity contribution in [3.63, 3.8) is 0 Å². The molecule has 0 fully saturated rings. The molecule has 1 aromatic carbocycles. The predicted octanol–water partition coefficient (Wildman–Crippen LogP) is 3.39. The van der Waals surface area contributed by atoms with Gasteiger partial charge in [-0.15, -0.1) is 0 Å². The molecular weight excluding hydrogens is 248 g/mol. The third kappa shape index (κ3) is 5.23. The number of rotatable bonds is 9. The molecule has 0 amide bonds. The van der Waals surface area contributed by atoms with Gasteiger partial charge in [0.2, 0.25) is 0 Å². The highest BCUT2D eigenvalue weighted by atomic mass is 16.5. The van der Waals surface area contributed by atoms with Crippen LogP contribution in [0.3, 0.4) is 0 Å². The van der Waals surface area contributed by atoms with Crippen molar-refractivity contribution in [3.8, 4) is 0 Å². The smallest absolute Gasteiger partial charge is 0.0744 e. The van der Waals surface area contributed by atoms with Crippen LogP contribution >= 0.6 is 0 Å². The summed E-state index contributed by atoms with van der Waals surface area (Å²) in [4.78, 5) is 0. The molecule has 0 aromatic heterocycles. The number of ether oxygens (including phenoxy) is 1. The van der Waals surface area contributed by atoms with Gasteiger partial charge in [-0.25, -0.2) is 0 Å². The SMILES string of the molecule is CCCC(OCC)C(Cc1ccc(C(C)C)cc1)NN. The van der Waals surface area contributed by atoms with Crippen LogP contribution in [-0.4, -0.2) is 18.8 Å². The maximum atomic E-state index is 5.83. The molecule has 1 rings (SSSR count). The number of nitrogens with one attached hydrogen (secondary N) is 1. The standard InChI is InChI=1S/C17H30N2O/c1-5-7-17(20-6-2)16(19-18)12-14-8-10-15(11-9-14)13(3)4/h8-11,13,16-17,19H,5-7,12,18H2,1-4H3. The third-order valence-corrected chi connectivity index (χ3v) is 3.72. The number of hydrogen-bond donors (Lipinski definition) is 2. The molecule has 0 aliphatic rings. The highest BCUT2D eigenvalue weighted by Crippen LogP contribution is 2.17. The fourth-order valence-electron chi connectivity index (χ4n) is 2.49. The fourth-order valence-corrected chi connectivity index (χ4v) is 2.49. The van der Waals surface area contributed by atoms with Crippen molar-refractivity contribution in [2.24, 2.45) is 5.84 Å². The molecule has 0 aliphatic carbocycles. The van der Waals surface area contributed by atoms with Crippen molar-refractivity contribution in [2.45, 2.75) is 65.0 Å². The average Bonchev–Trinajstić information content (AvgIpc) is 2.45. The van der Waals surface area contributed by atoms with Crippen molar-refractivity contribution in [2.75, 3.05) is 6.61 Å². The van der Waals surface area contributed by atoms with E-state index in [1.54, 1.807) is 0 Å². The van der Waals surface area contributed by atoms with Gasteiger partial charge in [0.05, 0.1) is 12.1 Å². The Balaban J connectivity index is 2.70. The summed E-state index contributed by atoms with van der Waals surface area (Å²) in [5.74, 6) is 6.30. The van der Waals surface area contributed by atoms with Crippen LogP contribution in [0.15, 0.2) is 24.3 Å². The van der Waals surface area contributed by atoms with Gasteiger partial charge in [-0.3, -0.25) is 11.3 Å². The summed E-state index contributed by atoms with van der Waals surface area (Å²) in [6.07, 6.45) is 3.22. The maximum Gasteiger partial charge on any atom is 0.0744 e. The lowest BCUT2D eigenvalue weighted by atomic mass is 9.96. The van der Waals surface area contributed by atoms with Gasteiger partial charge >= 0.3 is 0 Å². The van der Waals surface area contributed by atoms with E-state index in [2.05, 4.69) is 50.5 Å². The molecule has 114 valence electrons. The van der Waals surface area contributed by atoms with E-state index in [9.17, 15) is 0 Å². The van der Waals surface area contributed by atoms with Crippen LogP contribution in [-0.2, 0) is 11.2 Å². The molecule has 0 radical (unpaired) electrons. The first kappa shape index (κ1) is 17.2. The van der Waals surface area contributed by atoms with E-state index in [0.29, 0.717) is 5.92 Å². The van der Waals surface area contributed by atoms with Crippen LogP contribution in [0.25, 0.3) is 0 Å². The first-order valence-corrected chi connectivity index (χ1v) is 7.78. The zero-order valence-electron chi connectivity index (χ0n) is 13.4. The molecule has 3 N–H and O–H groups in total. The summed E-state index contributed by atoms with van der Waals surface area (Å²) in [6.45, 7) is 9.37. The topological polar surface area (TPSA) is 47.3 Å². The minimum atomic E-state index is 0.166. The Morgan fingerprint density at radius 3 is 2.25 bits per heavy atom. The Bertz CT molecular complexity index is 356. The lowest BCUT2D eigenvalue weighted by molar-refractivity contribution is 0.0281. The van der Waals surface area contributed by atoms with Crippen LogP contribution in [0, 0.1) is 0 Å². The van der Waals surface area contributed by atoms with E-state index in [1.165, 1.54) is 11.1 Å². The summed E-state index contributed by atoms with van der Waals surface area (Å²) in [5, 5.41) is 0. The molecule has 0 saturated carbocycles. The van der Waals surface area contributed by atoms with Gasteiger partial charge in [0.15, 0.2) is 0 Å². The number of hydrazine groups is 1. The van der Waals surface area contributed by atoms with Crippen molar-refractivity contribution in [1.82, 2.24) is 5.43 Å². The van der Waals surface area contributed by atoms with Crippen LogP contribution in [0.2, 0.25) is 0 Å². The molecule has 1 aromatic rings. The lowest BCUT2D eigenvalue weighted by Crippen LogP contribution is -2.46. The van der Waals surface area contributed by atoms with E-state index in [-0.39, 0.29) is 12.1 Å². The minimum absolute atomic E-state index is 0.166. The summed E-state index contributed by atoms with van der Waals surface area (Å²) in [7, 11) is 0. The Hall–Kier alpha value is -0.900. The van der Waals surface area contributed by atoms with Gasteiger partial charge in [0.25, 0.3) is 0 Å². The Morgan fingerprint density at radius 2 is 1.80 bits per heavy atom. The largest absolute Gasteiger partial charge is 0.377 e. The molecule has 0 saturated heterocycles. The van der Waals surface area contributed by atoms with Gasteiger partial charge in [-0.05, 0) is 36.8 Å². The highest BCUT2D eigenvalue weighted by Gasteiger charge is 2.20. The van der Waals surface area contributed by atoms with Crippen molar-refractivity contribution in [1.29, 1.82) is 0 Å². The molecule has 0 bridgehead atoms. The van der Waals surface area contributed by atoms with E-state index in [1.807, 2.05) is 6.92 Å². The quantitative estimate of drug-likeness (QED) is 0.537. The second-order valence-electron chi connectivity index (χ2n) is 5.66. The van der Waals surface area contributed by atoms with Crippen molar-refractivity contribution < 1.29 is 4.74 Å². The number of hydrogen-bond acceptors (Lipinski definition) is 3. The number of nitrogens with two attached hydrogens (primary N) is 1. The Kier molecular flexibility index (Phi) is 7.82. The Morgan fingerprint density at radius 1 is 1.15 bits per heavy atom. The maximum absolute atomic E-state index is 5.83. The van der Waals surface area contributed by atoms with Gasteiger partial charge in [0, 0.05) is 6.61 Å². The van der Waals surface area contributed by atoms with Crippen molar-refractivity contribution in [3.05, 3.63) is 35.4 Å². The average molecular weight is 278 g/mol. The third-order valence-electron chi connectivity index (χ3n) is 3.72. The normalized spacial score (nSPS) is 14.5. The van der Waals surface area contributed by atoms with Gasteiger partial charge in [-0.2, -0.15) is 0 Å². The van der Waals surface area contributed by atoms with Crippen molar-refractivity contribution >= 4 is 0 Å². The molecule has 2 atom stereocenters. The Labute approximate surface area is 123 Å². The van der Waals surface area contributed by atoms with E-state index in [0.717, 1.165) is 25.9 Å². The number of benzene rings is 1. The second kappa shape index (κ2) is 9.11. The monoisotopic (exact) mass is 278 g/mol. The highest BCUT2D eigenvalue weighted by molar-refractivity contribution is 5.25. The summed E-state index contributed by atoms with van der Waals surface area (Å²) < 4.78 is 5.83. The molecule has 3 nitrogen and oxygen atoms in total. The van der Waals surface area contributed by atoms with E-state index < -0.39 is 0 Å². The van der Waals surface area contributed by atoms with Crippen LogP contribution in [0.5, 0.6) is 0 Å². The lowest BCUT2D eigenvalue weighted by Gasteiger charge is -2.26. The molecule has 20 heavy (non-hydrogen) atoms. The summed E-state index contributed by atoms with van der Waals surface area (Å²) in [6, 6.07) is 9.00. The zero-order valence-corrected chi connectivity index (χ0v) is 13.4. The first-order chi connectivity index (χ1) is 9.62. The fraction of sp³-hybridized carbons (Fsp3) is 0.647. The molecule has 2 unspecified atom stereocenters. The molecular formula is C17H30N2O. The second-order valence-corrected chi connectivity index (χ2v) is 5.66. The van der Waals surface area contributed by atoms with Crippen LogP contribution in [0.1, 0.15) is 57.6 Å². The zero-order chi connectivity index (χ0) is 15.0.